The highest BCUT2D eigenvalue weighted by Crippen LogP contribution is 2.26. The summed E-state index contributed by atoms with van der Waals surface area (Å²) in [5, 5.41) is 8.97. The summed E-state index contributed by atoms with van der Waals surface area (Å²) in [6, 6.07) is 28.4. The number of carbonyl (C=O) groups excluding carboxylic acids is 2. The van der Waals surface area contributed by atoms with Gasteiger partial charge in [-0.25, -0.2) is 5.43 Å². The molecule has 4 aromatic carbocycles. The van der Waals surface area contributed by atoms with Crippen LogP contribution in [0.25, 0.3) is 16.8 Å². The highest BCUT2D eigenvalue weighted by molar-refractivity contribution is 6.06. The molecule has 2 amide bonds. The van der Waals surface area contributed by atoms with E-state index in [2.05, 4.69) is 34.6 Å². The van der Waals surface area contributed by atoms with Crippen LogP contribution in [0.5, 0.6) is 5.75 Å². The van der Waals surface area contributed by atoms with Crippen molar-refractivity contribution in [3.63, 3.8) is 0 Å². The smallest absolute Gasteiger partial charge is 0.287 e. The molecule has 0 bridgehead atoms. The van der Waals surface area contributed by atoms with Gasteiger partial charge in [-0.05, 0) is 73.5 Å². The number of hydrazone groups is 1. The molecule has 0 saturated heterocycles. The molecule has 0 aliphatic heterocycles. The molecule has 2 N–H and O–H groups in total. The molecule has 4 rings (SSSR count). The van der Waals surface area contributed by atoms with E-state index in [1.165, 1.54) is 0 Å². The lowest BCUT2D eigenvalue weighted by Crippen LogP contribution is -2.32. The van der Waals surface area contributed by atoms with Crippen molar-refractivity contribution in [3.8, 4) is 5.75 Å². The van der Waals surface area contributed by atoms with E-state index in [9.17, 15) is 9.59 Å². The van der Waals surface area contributed by atoms with Crippen molar-refractivity contribution in [1.29, 1.82) is 0 Å². The molecule has 0 fully saturated rings. The molecule has 0 aliphatic carbocycles. The van der Waals surface area contributed by atoms with Gasteiger partial charge in [-0.15, -0.1) is 0 Å². The number of rotatable bonds is 11. The molecule has 0 atom stereocenters. The van der Waals surface area contributed by atoms with Crippen molar-refractivity contribution in [2.75, 3.05) is 24.6 Å². The Morgan fingerprint density at radius 2 is 1.55 bits per heavy atom. The van der Waals surface area contributed by atoms with Gasteiger partial charge in [0.1, 0.15) is 11.4 Å². The van der Waals surface area contributed by atoms with Gasteiger partial charge < -0.3 is 15.0 Å². The van der Waals surface area contributed by atoms with Gasteiger partial charge in [-0.3, -0.25) is 9.59 Å². The van der Waals surface area contributed by atoms with Crippen LogP contribution in [0.3, 0.4) is 0 Å². The van der Waals surface area contributed by atoms with E-state index < -0.39 is 11.8 Å². The van der Waals surface area contributed by atoms with Crippen LogP contribution in [0, 0.1) is 0 Å². The van der Waals surface area contributed by atoms with Crippen molar-refractivity contribution in [2.45, 2.75) is 20.8 Å². The van der Waals surface area contributed by atoms with Crippen LogP contribution >= 0.6 is 0 Å². The number of fused-ring (bicyclic) bond motifs is 1. The predicted molar refractivity (Wildman–Crippen MR) is 163 cm³/mol. The zero-order valence-electron chi connectivity index (χ0n) is 23.1. The lowest BCUT2D eigenvalue weighted by atomic mass is 10.0. The summed E-state index contributed by atoms with van der Waals surface area (Å²) in [7, 11) is 0. The maximum absolute atomic E-state index is 13.3. The van der Waals surface area contributed by atoms with Gasteiger partial charge in [-0.1, -0.05) is 60.7 Å². The van der Waals surface area contributed by atoms with E-state index >= 15 is 0 Å². The maximum Gasteiger partial charge on any atom is 0.287 e. The first-order chi connectivity index (χ1) is 19.5. The second-order valence-corrected chi connectivity index (χ2v) is 8.97. The van der Waals surface area contributed by atoms with Gasteiger partial charge >= 0.3 is 0 Å². The summed E-state index contributed by atoms with van der Waals surface area (Å²) in [6.07, 6.45) is 3.21. The van der Waals surface area contributed by atoms with E-state index in [1.807, 2.05) is 73.7 Å². The molecule has 7 heteroatoms. The van der Waals surface area contributed by atoms with Crippen molar-refractivity contribution in [2.24, 2.45) is 5.10 Å². The van der Waals surface area contributed by atoms with E-state index in [0.29, 0.717) is 17.9 Å². The molecule has 0 saturated carbocycles. The van der Waals surface area contributed by atoms with Gasteiger partial charge in [-0.2, -0.15) is 5.10 Å². The molecule has 4 aromatic rings. The maximum atomic E-state index is 13.3. The van der Waals surface area contributed by atoms with Gasteiger partial charge in [0.25, 0.3) is 11.8 Å². The number of ether oxygens (including phenoxy) is 1. The first-order valence-electron chi connectivity index (χ1n) is 13.4. The second-order valence-electron chi connectivity index (χ2n) is 8.97. The summed E-state index contributed by atoms with van der Waals surface area (Å²) >= 11 is 0. The normalized spacial score (nSPS) is 11.4. The fourth-order valence-corrected chi connectivity index (χ4v) is 4.38. The number of hydrogen-bond donors (Lipinski definition) is 2. The minimum absolute atomic E-state index is 0.0737. The zero-order chi connectivity index (χ0) is 28.3. The highest BCUT2D eigenvalue weighted by atomic mass is 16.5. The number of benzene rings is 4. The average molecular weight is 535 g/mol. The highest BCUT2D eigenvalue weighted by Gasteiger charge is 2.15. The summed E-state index contributed by atoms with van der Waals surface area (Å²) < 4.78 is 5.80. The third-order valence-electron chi connectivity index (χ3n) is 6.45. The number of nitrogens with zero attached hydrogens (tertiary/aromatic N) is 2. The fraction of sp³-hybridized carbons (Fsp3) is 0.182. The zero-order valence-corrected chi connectivity index (χ0v) is 23.1. The summed E-state index contributed by atoms with van der Waals surface area (Å²) in [6.45, 7) is 8.41. The lowest BCUT2D eigenvalue weighted by molar-refractivity contribution is -0.117. The monoisotopic (exact) mass is 534 g/mol. The van der Waals surface area contributed by atoms with Gasteiger partial charge in [0, 0.05) is 29.9 Å². The Morgan fingerprint density at radius 3 is 2.25 bits per heavy atom. The fourth-order valence-electron chi connectivity index (χ4n) is 4.38. The number of hydrogen-bond acceptors (Lipinski definition) is 5. The number of carbonyl (C=O) groups is 2. The molecule has 204 valence electrons. The number of anilines is 1. The minimum Gasteiger partial charge on any atom is -0.493 e. The third-order valence-corrected chi connectivity index (χ3v) is 6.45. The minimum atomic E-state index is -0.549. The number of amides is 2. The standard InChI is InChI=1S/C33H34N4O3/c1-4-37(5-2)27-19-16-24(17-20-27)22-30(35-32(38)26-13-8-7-9-14-26)33(39)36-34-23-29-28-15-11-10-12-25(28)18-21-31(29)40-6-3/h7-23H,4-6H2,1-3H3,(H,35,38)(H,36,39)/b30-22-,34-23-. The van der Waals surface area contributed by atoms with Gasteiger partial charge in [0.2, 0.25) is 0 Å². The topological polar surface area (TPSA) is 83.0 Å². The SMILES string of the molecule is CCOc1ccc2ccccc2c1/C=N\NC(=O)/C(=C/c1ccc(N(CC)CC)cc1)NC(=O)c1ccccc1. The van der Waals surface area contributed by atoms with Crippen molar-refractivity contribution in [3.05, 3.63) is 113 Å². The summed E-state index contributed by atoms with van der Waals surface area (Å²) in [5.41, 5.74) is 5.71. The molecule has 0 heterocycles. The van der Waals surface area contributed by atoms with Crippen LogP contribution in [0.15, 0.2) is 102 Å². The lowest BCUT2D eigenvalue weighted by Gasteiger charge is -2.21. The molecule has 0 aliphatic rings. The molecular formula is C33H34N4O3. The molecule has 0 aromatic heterocycles. The van der Waals surface area contributed by atoms with Gasteiger partial charge in [0.05, 0.1) is 12.8 Å². The Hall–Kier alpha value is -4.91. The summed E-state index contributed by atoms with van der Waals surface area (Å²) in [4.78, 5) is 28.5. The van der Waals surface area contributed by atoms with Crippen LogP contribution in [0.1, 0.15) is 42.3 Å². The summed E-state index contributed by atoms with van der Waals surface area (Å²) in [5.74, 6) is -0.273. The Kier molecular flexibility index (Phi) is 9.67. The van der Waals surface area contributed by atoms with E-state index in [0.717, 1.165) is 40.7 Å². The molecule has 40 heavy (non-hydrogen) atoms. The first-order valence-corrected chi connectivity index (χ1v) is 13.4. The van der Waals surface area contributed by atoms with E-state index in [1.54, 1.807) is 36.6 Å². The Bertz CT molecular complexity index is 1510. The average Bonchev–Trinajstić information content (AvgIpc) is 2.99. The Morgan fingerprint density at radius 1 is 0.850 bits per heavy atom. The van der Waals surface area contributed by atoms with Crippen molar-refractivity contribution < 1.29 is 14.3 Å². The molecular weight excluding hydrogens is 500 g/mol. The third kappa shape index (κ3) is 6.94. The quantitative estimate of drug-likeness (QED) is 0.140. The van der Waals surface area contributed by atoms with Crippen molar-refractivity contribution in [1.82, 2.24) is 10.7 Å². The van der Waals surface area contributed by atoms with Crippen LogP contribution in [-0.4, -0.2) is 37.7 Å². The second kappa shape index (κ2) is 13.8. The van der Waals surface area contributed by atoms with Crippen LogP contribution in [0.4, 0.5) is 5.69 Å². The molecule has 0 unspecified atom stereocenters. The Balaban J connectivity index is 1.61. The van der Waals surface area contributed by atoms with Gasteiger partial charge in [0.15, 0.2) is 0 Å². The van der Waals surface area contributed by atoms with Crippen molar-refractivity contribution >= 4 is 40.6 Å². The van der Waals surface area contributed by atoms with E-state index in [4.69, 9.17) is 4.74 Å². The Labute approximate surface area is 235 Å². The first kappa shape index (κ1) is 28.1. The largest absolute Gasteiger partial charge is 0.493 e. The van der Waals surface area contributed by atoms with Crippen LogP contribution in [0.2, 0.25) is 0 Å². The van der Waals surface area contributed by atoms with E-state index in [-0.39, 0.29) is 5.70 Å². The molecule has 7 nitrogen and oxygen atoms in total. The molecule has 0 radical (unpaired) electrons. The van der Waals surface area contributed by atoms with Crippen LogP contribution < -0.4 is 20.4 Å². The molecule has 0 spiro atoms. The number of nitrogens with one attached hydrogen (secondary N) is 2. The predicted octanol–water partition coefficient (Wildman–Crippen LogP) is 6.01. The van der Waals surface area contributed by atoms with Crippen LogP contribution in [-0.2, 0) is 4.79 Å².